The van der Waals surface area contributed by atoms with Crippen LogP contribution in [-0.2, 0) is 11.2 Å². The molecule has 0 amide bonds. The van der Waals surface area contributed by atoms with Gasteiger partial charge in [-0.3, -0.25) is 0 Å². The van der Waals surface area contributed by atoms with Gasteiger partial charge >= 0.3 is 0 Å². The van der Waals surface area contributed by atoms with Crippen molar-refractivity contribution in [2.45, 2.75) is 19.3 Å². The van der Waals surface area contributed by atoms with Gasteiger partial charge in [-0.1, -0.05) is 28.1 Å². The second-order valence-corrected chi connectivity index (χ2v) is 5.71. The molecule has 0 aliphatic heterocycles. The van der Waals surface area contributed by atoms with Crippen molar-refractivity contribution in [3.05, 3.63) is 50.4 Å². The zero-order valence-corrected chi connectivity index (χ0v) is 11.8. The monoisotopic (exact) mass is 309 g/mol. The van der Waals surface area contributed by atoms with Gasteiger partial charge in [0.15, 0.2) is 0 Å². The molecule has 2 rings (SSSR count). The quantitative estimate of drug-likeness (QED) is 0.805. The second-order valence-electron chi connectivity index (χ2n) is 3.90. The van der Waals surface area contributed by atoms with Crippen LogP contribution in [0.4, 0.5) is 0 Å². The van der Waals surface area contributed by atoms with Crippen LogP contribution in [0.2, 0.25) is 0 Å². The lowest BCUT2D eigenvalue weighted by Gasteiger charge is -2.07. The Kier molecular flexibility index (Phi) is 4.07. The van der Waals surface area contributed by atoms with Gasteiger partial charge in [-0.2, -0.15) is 0 Å². The Labute approximate surface area is 113 Å². The molecule has 0 bridgehead atoms. The molecule has 88 valence electrons. The third-order valence-electron chi connectivity index (χ3n) is 2.49. The standard InChI is InChI=1S/C13H12BrNOS/c1-9-8-17-13(15-9)11(7-16)6-10-2-4-12(14)5-3-10/h2-5,7-8,11H,6H2,1H3. The molecule has 0 aliphatic rings. The first-order valence-corrected chi connectivity index (χ1v) is 6.98. The maximum atomic E-state index is 11.1. The van der Waals surface area contributed by atoms with Crippen molar-refractivity contribution >= 4 is 33.6 Å². The van der Waals surface area contributed by atoms with E-state index in [4.69, 9.17) is 0 Å². The Morgan fingerprint density at radius 2 is 2.12 bits per heavy atom. The molecule has 2 aromatic rings. The summed E-state index contributed by atoms with van der Waals surface area (Å²) in [6.07, 6.45) is 1.70. The number of aromatic nitrogens is 1. The predicted molar refractivity (Wildman–Crippen MR) is 73.5 cm³/mol. The number of aldehydes is 1. The summed E-state index contributed by atoms with van der Waals surface area (Å²) in [5.74, 6) is -0.130. The van der Waals surface area contributed by atoms with Crippen LogP contribution in [-0.4, -0.2) is 11.3 Å². The number of hydrogen-bond donors (Lipinski definition) is 0. The van der Waals surface area contributed by atoms with Gasteiger partial charge in [0, 0.05) is 15.5 Å². The summed E-state index contributed by atoms with van der Waals surface area (Å²) in [4.78, 5) is 15.5. The molecule has 1 heterocycles. The Morgan fingerprint density at radius 3 is 2.65 bits per heavy atom. The van der Waals surface area contributed by atoms with Gasteiger partial charge < -0.3 is 4.79 Å². The largest absolute Gasteiger partial charge is 0.303 e. The number of aryl methyl sites for hydroxylation is 1. The number of rotatable bonds is 4. The van der Waals surface area contributed by atoms with Gasteiger partial charge in [0.05, 0.1) is 5.92 Å². The van der Waals surface area contributed by atoms with E-state index in [9.17, 15) is 4.79 Å². The smallest absolute Gasteiger partial charge is 0.130 e. The third-order valence-corrected chi connectivity index (χ3v) is 4.11. The average molecular weight is 310 g/mol. The van der Waals surface area contributed by atoms with Crippen molar-refractivity contribution in [1.29, 1.82) is 0 Å². The van der Waals surface area contributed by atoms with Crippen molar-refractivity contribution in [3.63, 3.8) is 0 Å². The lowest BCUT2D eigenvalue weighted by atomic mass is 10.0. The van der Waals surface area contributed by atoms with Gasteiger partial charge in [0.1, 0.15) is 11.3 Å². The van der Waals surface area contributed by atoms with E-state index in [0.717, 1.165) is 27.0 Å². The zero-order valence-electron chi connectivity index (χ0n) is 9.39. The highest BCUT2D eigenvalue weighted by molar-refractivity contribution is 9.10. The number of halogens is 1. The van der Waals surface area contributed by atoms with Gasteiger partial charge in [-0.15, -0.1) is 11.3 Å². The lowest BCUT2D eigenvalue weighted by Crippen LogP contribution is -2.04. The van der Waals surface area contributed by atoms with Crippen LogP contribution in [0.25, 0.3) is 0 Å². The van der Waals surface area contributed by atoms with Gasteiger partial charge in [-0.25, -0.2) is 4.98 Å². The number of nitrogens with zero attached hydrogens (tertiary/aromatic N) is 1. The number of hydrogen-bond acceptors (Lipinski definition) is 3. The molecule has 0 radical (unpaired) electrons. The highest BCUT2D eigenvalue weighted by atomic mass is 79.9. The van der Waals surface area contributed by atoms with Crippen LogP contribution in [0.1, 0.15) is 22.2 Å². The fourth-order valence-corrected chi connectivity index (χ4v) is 2.73. The van der Waals surface area contributed by atoms with E-state index >= 15 is 0 Å². The summed E-state index contributed by atoms with van der Waals surface area (Å²) in [5.41, 5.74) is 2.13. The molecule has 4 heteroatoms. The number of thiazole rings is 1. The number of carbonyl (C=O) groups excluding carboxylic acids is 1. The molecular formula is C13H12BrNOS. The number of benzene rings is 1. The van der Waals surface area contributed by atoms with Crippen LogP contribution >= 0.6 is 27.3 Å². The van der Waals surface area contributed by atoms with E-state index in [0.29, 0.717) is 6.42 Å². The number of carbonyl (C=O) groups is 1. The second kappa shape index (κ2) is 5.56. The van der Waals surface area contributed by atoms with Gasteiger partial charge in [0.25, 0.3) is 0 Å². The summed E-state index contributed by atoms with van der Waals surface area (Å²) in [6, 6.07) is 8.04. The van der Waals surface area contributed by atoms with E-state index in [1.165, 1.54) is 0 Å². The highest BCUT2D eigenvalue weighted by Gasteiger charge is 2.14. The Bertz CT molecular complexity index is 506. The molecule has 1 atom stereocenters. The highest BCUT2D eigenvalue weighted by Crippen LogP contribution is 2.23. The minimum atomic E-state index is -0.130. The lowest BCUT2D eigenvalue weighted by molar-refractivity contribution is -0.109. The minimum absolute atomic E-state index is 0.130. The summed E-state index contributed by atoms with van der Waals surface area (Å²) in [5, 5.41) is 2.88. The Hall–Kier alpha value is -1.00. The van der Waals surface area contributed by atoms with Gasteiger partial charge in [0.2, 0.25) is 0 Å². The van der Waals surface area contributed by atoms with E-state index < -0.39 is 0 Å². The molecule has 1 aromatic heterocycles. The zero-order chi connectivity index (χ0) is 12.3. The van der Waals surface area contributed by atoms with Crippen LogP contribution in [0.15, 0.2) is 34.1 Å². The molecule has 0 saturated heterocycles. The van der Waals surface area contributed by atoms with E-state index in [1.807, 2.05) is 36.6 Å². The van der Waals surface area contributed by atoms with Crippen molar-refractivity contribution in [2.24, 2.45) is 0 Å². The summed E-state index contributed by atoms with van der Waals surface area (Å²) >= 11 is 4.95. The molecule has 1 aromatic carbocycles. The Morgan fingerprint density at radius 1 is 1.41 bits per heavy atom. The summed E-state index contributed by atoms with van der Waals surface area (Å²) in [6.45, 7) is 1.95. The fourth-order valence-electron chi connectivity index (χ4n) is 1.61. The van der Waals surface area contributed by atoms with Crippen LogP contribution in [0.3, 0.4) is 0 Å². The molecule has 17 heavy (non-hydrogen) atoms. The van der Waals surface area contributed by atoms with Crippen LogP contribution in [0.5, 0.6) is 0 Å². The maximum Gasteiger partial charge on any atom is 0.130 e. The summed E-state index contributed by atoms with van der Waals surface area (Å²) in [7, 11) is 0. The molecular weight excluding hydrogens is 298 g/mol. The van der Waals surface area contributed by atoms with E-state index in [2.05, 4.69) is 20.9 Å². The predicted octanol–water partition coefficient (Wildman–Crippen LogP) is 3.74. The van der Waals surface area contributed by atoms with Crippen molar-refractivity contribution < 1.29 is 4.79 Å². The van der Waals surface area contributed by atoms with Gasteiger partial charge in [-0.05, 0) is 31.0 Å². The Balaban J connectivity index is 2.15. The van der Waals surface area contributed by atoms with Crippen molar-refractivity contribution in [1.82, 2.24) is 4.98 Å². The third kappa shape index (κ3) is 3.23. The fraction of sp³-hybridized carbons (Fsp3) is 0.231. The van der Waals surface area contributed by atoms with Crippen LogP contribution in [0, 0.1) is 6.92 Å². The first kappa shape index (κ1) is 12.5. The van der Waals surface area contributed by atoms with Crippen LogP contribution < -0.4 is 0 Å². The molecule has 1 unspecified atom stereocenters. The minimum Gasteiger partial charge on any atom is -0.303 e. The van der Waals surface area contributed by atoms with E-state index in [1.54, 1.807) is 11.3 Å². The maximum absolute atomic E-state index is 11.1. The molecule has 2 nitrogen and oxygen atoms in total. The average Bonchev–Trinajstić information content (AvgIpc) is 2.75. The first-order valence-electron chi connectivity index (χ1n) is 5.31. The van der Waals surface area contributed by atoms with Crippen molar-refractivity contribution in [3.8, 4) is 0 Å². The molecule has 0 spiro atoms. The molecule has 0 saturated carbocycles. The molecule has 0 aliphatic carbocycles. The summed E-state index contributed by atoms with van der Waals surface area (Å²) < 4.78 is 1.05. The SMILES string of the molecule is Cc1csc(C(C=O)Cc2ccc(Br)cc2)n1. The topological polar surface area (TPSA) is 30.0 Å². The molecule has 0 N–H and O–H groups in total. The normalized spacial score (nSPS) is 12.4. The van der Waals surface area contributed by atoms with Crippen molar-refractivity contribution in [2.75, 3.05) is 0 Å². The van der Waals surface area contributed by atoms with E-state index in [-0.39, 0.29) is 5.92 Å². The molecule has 0 fully saturated rings. The first-order chi connectivity index (χ1) is 8.19.